The fourth-order valence-electron chi connectivity index (χ4n) is 2.44. The molecule has 0 radical (unpaired) electrons. The maximum atomic E-state index is 4.76. The summed E-state index contributed by atoms with van der Waals surface area (Å²) in [7, 11) is 2.11. The van der Waals surface area contributed by atoms with Gasteiger partial charge >= 0.3 is 0 Å². The molecule has 1 atom stereocenters. The first-order valence-electron chi connectivity index (χ1n) is 7.10. The van der Waals surface area contributed by atoms with Crippen molar-refractivity contribution in [2.24, 2.45) is 0 Å². The van der Waals surface area contributed by atoms with Crippen LogP contribution in [0.1, 0.15) is 34.9 Å². The molecule has 0 amide bonds. The zero-order valence-electron chi connectivity index (χ0n) is 12.8. The van der Waals surface area contributed by atoms with E-state index in [1.54, 1.807) is 11.3 Å². The summed E-state index contributed by atoms with van der Waals surface area (Å²) in [5, 5.41) is 3.16. The highest BCUT2D eigenvalue weighted by Crippen LogP contribution is 2.24. The van der Waals surface area contributed by atoms with Gasteiger partial charge in [0.05, 0.1) is 23.6 Å². The third-order valence-corrected chi connectivity index (χ3v) is 5.04. The molecule has 0 saturated heterocycles. The van der Waals surface area contributed by atoms with Gasteiger partial charge in [-0.25, -0.2) is 9.97 Å². The quantitative estimate of drug-likeness (QED) is 0.796. The van der Waals surface area contributed by atoms with Gasteiger partial charge in [0, 0.05) is 11.6 Å². The summed E-state index contributed by atoms with van der Waals surface area (Å²) in [6, 6.07) is 4.54. The molecular weight excluding hydrogens is 280 g/mol. The highest BCUT2D eigenvalue weighted by Gasteiger charge is 2.16. The molecule has 0 unspecified atom stereocenters. The van der Waals surface area contributed by atoms with Crippen molar-refractivity contribution in [3.63, 3.8) is 0 Å². The number of nitrogens with zero attached hydrogens (tertiary/aromatic N) is 3. The first-order chi connectivity index (χ1) is 10.1. The van der Waals surface area contributed by atoms with Crippen molar-refractivity contribution < 1.29 is 0 Å². The molecule has 110 valence electrons. The van der Waals surface area contributed by atoms with Gasteiger partial charge < -0.3 is 4.98 Å². The Morgan fingerprint density at radius 3 is 2.86 bits per heavy atom. The van der Waals surface area contributed by atoms with Crippen molar-refractivity contribution in [2.45, 2.75) is 33.4 Å². The predicted octanol–water partition coefficient (Wildman–Crippen LogP) is 3.83. The number of H-pyrrole nitrogens is 1. The number of rotatable bonds is 4. The monoisotopic (exact) mass is 300 g/mol. The van der Waals surface area contributed by atoms with Crippen LogP contribution in [-0.4, -0.2) is 26.9 Å². The lowest BCUT2D eigenvalue weighted by atomic mass is 10.1. The summed E-state index contributed by atoms with van der Waals surface area (Å²) in [5.41, 5.74) is 4.74. The molecular formula is C16H20N4S. The first kappa shape index (κ1) is 14.2. The van der Waals surface area contributed by atoms with E-state index < -0.39 is 0 Å². The summed E-state index contributed by atoms with van der Waals surface area (Å²) in [6.07, 6.45) is 1.86. The normalized spacial score (nSPS) is 13.2. The minimum Gasteiger partial charge on any atom is -0.341 e. The average Bonchev–Trinajstić information content (AvgIpc) is 3.11. The lowest BCUT2D eigenvalue weighted by Gasteiger charge is -2.21. The summed E-state index contributed by atoms with van der Waals surface area (Å²) >= 11 is 1.70. The number of fused-ring (bicyclic) bond motifs is 1. The number of nitrogens with one attached hydrogen (secondary N) is 1. The van der Waals surface area contributed by atoms with Crippen LogP contribution in [0.5, 0.6) is 0 Å². The number of hydrogen-bond acceptors (Lipinski definition) is 4. The van der Waals surface area contributed by atoms with Crippen LogP contribution in [0.4, 0.5) is 0 Å². The van der Waals surface area contributed by atoms with E-state index in [1.807, 2.05) is 11.6 Å². The molecule has 1 aromatic carbocycles. The molecule has 5 heteroatoms. The van der Waals surface area contributed by atoms with E-state index in [4.69, 9.17) is 4.98 Å². The lowest BCUT2D eigenvalue weighted by Crippen LogP contribution is -2.22. The van der Waals surface area contributed by atoms with Crippen LogP contribution in [-0.2, 0) is 6.54 Å². The van der Waals surface area contributed by atoms with Crippen molar-refractivity contribution in [1.29, 1.82) is 0 Å². The van der Waals surface area contributed by atoms with E-state index in [0.717, 1.165) is 28.4 Å². The number of aryl methyl sites for hydroxylation is 2. The zero-order valence-corrected chi connectivity index (χ0v) is 13.7. The fourth-order valence-corrected chi connectivity index (χ4v) is 3.20. The van der Waals surface area contributed by atoms with Gasteiger partial charge in [0.1, 0.15) is 10.8 Å². The Morgan fingerprint density at radius 1 is 1.33 bits per heavy atom. The van der Waals surface area contributed by atoms with Gasteiger partial charge in [-0.3, -0.25) is 4.90 Å². The molecule has 21 heavy (non-hydrogen) atoms. The molecule has 0 fully saturated rings. The molecule has 0 saturated carbocycles. The van der Waals surface area contributed by atoms with Crippen LogP contribution < -0.4 is 0 Å². The molecule has 3 rings (SSSR count). The van der Waals surface area contributed by atoms with Crippen molar-refractivity contribution in [3.05, 3.63) is 45.7 Å². The fraction of sp³-hybridized carbons (Fsp3) is 0.375. The minimum atomic E-state index is 0.293. The number of hydrogen-bond donors (Lipinski definition) is 1. The van der Waals surface area contributed by atoms with Crippen molar-refractivity contribution in [3.8, 4) is 0 Å². The Morgan fingerprint density at radius 2 is 2.14 bits per heavy atom. The predicted molar refractivity (Wildman–Crippen MR) is 87.6 cm³/mol. The minimum absolute atomic E-state index is 0.293. The van der Waals surface area contributed by atoms with Gasteiger partial charge in [-0.15, -0.1) is 11.3 Å². The van der Waals surface area contributed by atoms with Crippen LogP contribution in [0.2, 0.25) is 0 Å². The van der Waals surface area contributed by atoms with E-state index in [-0.39, 0.29) is 0 Å². The molecule has 0 aliphatic heterocycles. The second-order valence-electron chi connectivity index (χ2n) is 5.55. The highest BCUT2D eigenvalue weighted by atomic mass is 32.1. The summed E-state index contributed by atoms with van der Waals surface area (Å²) in [6.45, 7) is 7.22. The van der Waals surface area contributed by atoms with Crippen molar-refractivity contribution >= 4 is 22.4 Å². The second-order valence-corrected chi connectivity index (χ2v) is 6.47. The van der Waals surface area contributed by atoms with E-state index in [0.29, 0.717) is 6.04 Å². The number of benzene rings is 1. The Bertz CT molecular complexity index is 745. The Hall–Kier alpha value is -1.72. The molecule has 2 heterocycles. The van der Waals surface area contributed by atoms with Gasteiger partial charge in [-0.05, 0) is 45.0 Å². The molecule has 0 bridgehead atoms. The molecule has 0 aliphatic rings. The maximum absolute atomic E-state index is 4.76. The summed E-state index contributed by atoms with van der Waals surface area (Å²) in [4.78, 5) is 14.8. The number of aromatic amines is 1. The smallest absolute Gasteiger partial charge is 0.121 e. The van der Waals surface area contributed by atoms with Crippen LogP contribution in [0, 0.1) is 13.8 Å². The number of aromatic nitrogens is 3. The lowest BCUT2D eigenvalue weighted by molar-refractivity contribution is 0.247. The summed E-state index contributed by atoms with van der Waals surface area (Å²) < 4.78 is 0. The molecule has 3 aromatic rings. The second kappa shape index (κ2) is 5.58. The number of thiazole rings is 1. The van der Waals surface area contributed by atoms with Crippen LogP contribution in [0.25, 0.3) is 11.0 Å². The van der Waals surface area contributed by atoms with E-state index in [2.05, 4.69) is 54.8 Å². The SMILES string of the molecule is Cc1ccc2[nH]c(CN(C)[C@@H](C)c3nccs3)nc2c1C. The Labute approximate surface area is 128 Å². The summed E-state index contributed by atoms with van der Waals surface area (Å²) in [5.74, 6) is 1.00. The Kier molecular flexibility index (Phi) is 3.78. The first-order valence-corrected chi connectivity index (χ1v) is 7.98. The largest absolute Gasteiger partial charge is 0.341 e. The molecule has 0 aliphatic carbocycles. The average molecular weight is 300 g/mol. The van der Waals surface area contributed by atoms with Gasteiger partial charge in [0.2, 0.25) is 0 Å². The van der Waals surface area contributed by atoms with Gasteiger partial charge in [-0.1, -0.05) is 6.07 Å². The standard InChI is InChI=1S/C16H20N4S/c1-10-5-6-13-15(11(10)2)19-14(18-13)9-20(4)12(3)16-17-7-8-21-16/h5-8,12H,9H2,1-4H3,(H,18,19)/t12-/m0/s1. The number of imidazole rings is 1. The maximum Gasteiger partial charge on any atom is 0.121 e. The van der Waals surface area contributed by atoms with Gasteiger partial charge in [-0.2, -0.15) is 0 Å². The van der Waals surface area contributed by atoms with E-state index in [9.17, 15) is 0 Å². The molecule has 4 nitrogen and oxygen atoms in total. The van der Waals surface area contributed by atoms with Crippen LogP contribution in [0.15, 0.2) is 23.7 Å². The van der Waals surface area contributed by atoms with Crippen LogP contribution in [0.3, 0.4) is 0 Å². The van der Waals surface area contributed by atoms with Gasteiger partial charge in [0.15, 0.2) is 0 Å². The van der Waals surface area contributed by atoms with E-state index in [1.165, 1.54) is 11.1 Å². The van der Waals surface area contributed by atoms with E-state index >= 15 is 0 Å². The van der Waals surface area contributed by atoms with Crippen LogP contribution >= 0.6 is 11.3 Å². The van der Waals surface area contributed by atoms with Crippen molar-refractivity contribution in [1.82, 2.24) is 19.9 Å². The molecule has 2 aromatic heterocycles. The van der Waals surface area contributed by atoms with Crippen molar-refractivity contribution in [2.75, 3.05) is 7.05 Å². The molecule has 0 spiro atoms. The van der Waals surface area contributed by atoms with Gasteiger partial charge in [0.25, 0.3) is 0 Å². The Balaban J connectivity index is 1.83. The highest BCUT2D eigenvalue weighted by molar-refractivity contribution is 7.09. The molecule has 1 N–H and O–H groups in total. The third-order valence-electron chi connectivity index (χ3n) is 4.10. The zero-order chi connectivity index (χ0) is 15.0. The topological polar surface area (TPSA) is 44.8 Å². The third kappa shape index (κ3) is 2.71.